The van der Waals surface area contributed by atoms with Crippen LogP contribution in [0, 0.1) is 5.82 Å². The van der Waals surface area contributed by atoms with Crippen LogP contribution in [0.4, 0.5) is 9.52 Å². The average Bonchev–Trinajstić information content (AvgIpc) is 2.66. The fourth-order valence-corrected chi connectivity index (χ4v) is 2.48. The summed E-state index contributed by atoms with van der Waals surface area (Å²) in [6, 6.07) is 4.44. The predicted molar refractivity (Wildman–Crippen MR) is 76.0 cm³/mol. The lowest BCUT2D eigenvalue weighted by molar-refractivity contribution is -0.120. The number of nitrogens with one attached hydrogen (secondary N) is 2. The molecule has 4 nitrogen and oxygen atoms in total. The van der Waals surface area contributed by atoms with Gasteiger partial charge in [-0.05, 0) is 39.0 Å². The van der Waals surface area contributed by atoms with Gasteiger partial charge in [-0.3, -0.25) is 4.79 Å². The number of anilines is 1. The van der Waals surface area contributed by atoms with E-state index in [1.807, 2.05) is 20.8 Å². The molecule has 1 amide bonds. The molecule has 0 radical (unpaired) electrons. The highest BCUT2D eigenvalue weighted by molar-refractivity contribution is 7.22. The van der Waals surface area contributed by atoms with Gasteiger partial charge >= 0.3 is 0 Å². The van der Waals surface area contributed by atoms with E-state index in [0.29, 0.717) is 5.13 Å². The van der Waals surface area contributed by atoms with E-state index in [1.165, 1.54) is 23.5 Å². The van der Waals surface area contributed by atoms with Crippen molar-refractivity contribution in [1.29, 1.82) is 0 Å². The lowest BCUT2D eigenvalue weighted by atomic mass is 10.1. The van der Waals surface area contributed by atoms with Crippen LogP contribution in [0.15, 0.2) is 18.2 Å². The van der Waals surface area contributed by atoms with Crippen LogP contribution in [-0.2, 0) is 4.79 Å². The lowest BCUT2D eigenvalue weighted by Gasteiger charge is -2.20. The number of benzene rings is 1. The average molecular weight is 281 g/mol. The van der Waals surface area contributed by atoms with E-state index < -0.39 is 0 Å². The Labute approximate surface area is 115 Å². The molecule has 0 aliphatic carbocycles. The molecule has 6 heteroatoms. The lowest BCUT2D eigenvalue weighted by Crippen LogP contribution is -2.43. The molecular weight excluding hydrogens is 265 g/mol. The Hall–Kier alpha value is -1.69. The summed E-state index contributed by atoms with van der Waals surface area (Å²) in [5.74, 6) is -0.383. The van der Waals surface area contributed by atoms with Crippen LogP contribution >= 0.6 is 11.3 Å². The van der Waals surface area contributed by atoms with Gasteiger partial charge in [0, 0.05) is 5.54 Å². The molecule has 0 saturated heterocycles. The van der Waals surface area contributed by atoms with Crippen LogP contribution < -0.4 is 10.6 Å². The summed E-state index contributed by atoms with van der Waals surface area (Å²) in [7, 11) is 0. The van der Waals surface area contributed by atoms with E-state index in [1.54, 1.807) is 6.07 Å². The van der Waals surface area contributed by atoms with Gasteiger partial charge in [-0.15, -0.1) is 0 Å². The topological polar surface area (TPSA) is 54.0 Å². The number of fused-ring (bicyclic) bond motifs is 1. The maximum absolute atomic E-state index is 13.0. The van der Waals surface area contributed by atoms with Gasteiger partial charge in [0.05, 0.1) is 16.8 Å². The van der Waals surface area contributed by atoms with Gasteiger partial charge in [0.1, 0.15) is 5.82 Å². The first-order valence-corrected chi connectivity index (χ1v) is 6.76. The van der Waals surface area contributed by atoms with Crippen molar-refractivity contribution < 1.29 is 9.18 Å². The van der Waals surface area contributed by atoms with Crippen molar-refractivity contribution >= 4 is 32.6 Å². The van der Waals surface area contributed by atoms with E-state index in [0.717, 1.165) is 10.2 Å². The molecule has 102 valence electrons. The van der Waals surface area contributed by atoms with Crippen molar-refractivity contribution in [1.82, 2.24) is 10.3 Å². The molecular formula is C13H16FN3OS. The molecule has 0 spiro atoms. The number of aromatic nitrogens is 1. The van der Waals surface area contributed by atoms with E-state index >= 15 is 0 Å². The van der Waals surface area contributed by atoms with Gasteiger partial charge in [0.2, 0.25) is 5.91 Å². The van der Waals surface area contributed by atoms with Gasteiger partial charge in [-0.25, -0.2) is 9.37 Å². The van der Waals surface area contributed by atoms with Crippen LogP contribution in [0.3, 0.4) is 0 Å². The summed E-state index contributed by atoms with van der Waals surface area (Å²) in [5.41, 5.74) is 0.472. The second kappa shape index (κ2) is 5.13. The molecule has 19 heavy (non-hydrogen) atoms. The number of hydrogen-bond donors (Lipinski definition) is 2. The highest BCUT2D eigenvalue weighted by atomic mass is 32.1. The van der Waals surface area contributed by atoms with Crippen molar-refractivity contribution in [2.45, 2.75) is 26.3 Å². The summed E-state index contributed by atoms with van der Waals surface area (Å²) in [6.07, 6.45) is 0. The fourth-order valence-electron chi connectivity index (χ4n) is 1.59. The Kier molecular flexibility index (Phi) is 3.71. The van der Waals surface area contributed by atoms with Crippen molar-refractivity contribution in [3.63, 3.8) is 0 Å². The number of amides is 1. The van der Waals surface area contributed by atoms with Crippen molar-refractivity contribution in [3.05, 3.63) is 24.0 Å². The molecule has 0 aliphatic heterocycles. The molecule has 2 rings (SSSR count). The first-order chi connectivity index (χ1) is 8.83. The third-order valence-corrected chi connectivity index (χ3v) is 3.24. The summed E-state index contributed by atoms with van der Waals surface area (Å²) >= 11 is 1.33. The maximum Gasteiger partial charge on any atom is 0.239 e. The van der Waals surface area contributed by atoms with E-state index in [9.17, 15) is 9.18 Å². The first-order valence-electron chi connectivity index (χ1n) is 5.94. The normalized spacial score (nSPS) is 11.6. The summed E-state index contributed by atoms with van der Waals surface area (Å²) in [4.78, 5) is 15.9. The maximum atomic E-state index is 13.0. The Morgan fingerprint density at radius 2 is 2.16 bits per heavy atom. The monoisotopic (exact) mass is 281 g/mol. The van der Waals surface area contributed by atoms with Crippen molar-refractivity contribution in [2.24, 2.45) is 0 Å². The zero-order valence-corrected chi connectivity index (χ0v) is 11.9. The molecule has 0 bridgehead atoms. The molecule has 0 aliphatic rings. The minimum Gasteiger partial charge on any atom is -0.352 e. The number of halogens is 1. The highest BCUT2D eigenvalue weighted by Crippen LogP contribution is 2.26. The second-order valence-electron chi connectivity index (χ2n) is 5.28. The van der Waals surface area contributed by atoms with Crippen molar-refractivity contribution in [3.8, 4) is 0 Å². The first kappa shape index (κ1) is 13.7. The Morgan fingerprint density at radius 3 is 2.84 bits per heavy atom. The summed E-state index contributed by atoms with van der Waals surface area (Å²) < 4.78 is 13.8. The van der Waals surface area contributed by atoms with Crippen LogP contribution in [-0.4, -0.2) is 23.0 Å². The zero-order chi connectivity index (χ0) is 14.0. The van der Waals surface area contributed by atoms with Gasteiger partial charge in [-0.1, -0.05) is 11.3 Å². The van der Waals surface area contributed by atoms with Gasteiger partial charge < -0.3 is 10.6 Å². The SMILES string of the molecule is CC(C)(C)NC(=O)CNc1nc2ccc(F)cc2s1. The molecule has 1 aromatic heterocycles. The predicted octanol–water partition coefficient (Wildman–Crippen LogP) is 2.76. The molecule has 0 unspecified atom stereocenters. The van der Waals surface area contributed by atoms with E-state index in [2.05, 4.69) is 15.6 Å². The van der Waals surface area contributed by atoms with Crippen molar-refractivity contribution in [2.75, 3.05) is 11.9 Å². The van der Waals surface area contributed by atoms with Crippen LogP contribution in [0.25, 0.3) is 10.2 Å². The van der Waals surface area contributed by atoms with E-state index in [-0.39, 0.29) is 23.8 Å². The van der Waals surface area contributed by atoms with E-state index in [4.69, 9.17) is 0 Å². The Bertz CT molecular complexity index is 603. The highest BCUT2D eigenvalue weighted by Gasteiger charge is 2.13. The fraction of sp³-hybridized carbons (Fsp3) is 0.385. The minimum atomic E-state index is -0.284. The molecule has 0 saturated carbocycles. The minimum absolute atomic E-state index is 0.0991. The molecule has 0 fully saturated rings. The van der Waals surface area contributed by atoms with Crippen LogP contribution in [0.1, 0.15) is 20.8 Å². The van der Waals surface area contributed by atoms with Gasteiger partial charge in [0.15, 0.2) is 5.13 Å². The zero-order valence-electron chi connectivity index (χ0n) is 11.1. The molecule has 1 heterocycles. The van der Waals surface area contributed by atoms with Gasteiger partial charge in [-0.2, -0.15) is 0 Å². The van der Waals surface area contributed by atoms with Gasteiger partial charge in [0.25, 0.3) is 0 Å². The number of rotatable bonds is 3. The summed E-state index contributed by atoms with van der Waals surface area (Å²) in [6.45, 7) is 5.92. The largest absolute Gasteiger partial charge is 0.352 e. The number of nitrogens with zero attached hydrogens (tertiary/aromatic N) is 1. The number of thiazole rings is 1. The number of carbonyl (C=O) groups is 1. The van der Waals surface area contributed by atoms with Crippen LogP contribution in [0.5, 0.6) is 0 Å². The standard InChI is InChI=1S/C13H16FN3OS/c1-13(2,3)17-11(18)7-15-12-16-9-5-4-8(14)6-10(9)19-12/h4-6H,7H2,1-3H3,(H,15,16)(H,17,18). The molecule has 2 N–H and O–H groups in total. The molecule has 1 aromatic carbocycles. The Morgan fingerprint density at radius 1 is 1.42 bits per heavy atom. The Balaban J connectivity index is 2.00. The quantitative estimate of drug-likeness (QED) is 0.909. The third kappa shape index (κ3) is 3.89. The number of carbonyl (C=O) groups excluding carboxylic acids is 1. The number of hydrogen-bond acceptors (Lipinski definition) is 4. The smallest absolute Gasteiger partial charge is 0.239 e. The van der Waals surface area contributed by atoms with Crippen LogP contribution in [0.2, 0.25) is 0 Å². The second-order valence-corrected chi connectivity index (χ2v) is 6.31. The molecule has 0 atom stereocenters. The molecule has 2 aromatic rings. The third-order valence-electron chi connectivity index (χ3n) is 2.27. The summed E-state index contributed by atoms with van der Waals surface area (Å²) in [5, 5.41) is 6.41.